The number of hydrogen-bond acceptors (Lipinski definition) is 7. The number of ether oxygens (including phenoxy) is 1. The first-order chi connectivity index (χ1) is 8.74. The van der Waals surface area contributed by atoms with Crippen LogP contribution in [0.3, 0.4) is 0 Å². The van der Waals surface area contributed by atoms with Crippen molar-refractivity contribution >= 4 is 17.3 Å². The van der Waals surface area contributed by atoms with Crippen molar-refractivity contribution in [3.63, 3.8) is 0 Å². The molecule has 0 fully saturated rings. The highest BCUT2D eigenvalue weighted by molar-refractivity contribution is 6.09. The van der Waals surface area contributed by atoms with E-state index in [9.17, 15) is 0 Å². The lowest BCUT2D eigenvalue weighted by Crippen LogP contribution is -2.15. The number of benzene rings is 1. The molecule has 94 valence electrons. The van der Waals surface area contributed by atoms with Gasteiger partial charge in [0.2, 0.25) is 5.84 Å². The molecule has 0 aliphatic heterocycles. The van der Waals surface area contributed by atoms with E-state index in [2.05, 4.69) is 25.4 Å². The molecule has 8 nitrogen and oxygen atoms in total. The van der Waals surface area contributed by atoms with Crippen molar-refractivity contribution in [1.29, 1.82) is 0 Å². The lowest BCUT2D eigenvalue weighted by Gasteiger charge is -2.07. The first kappa shape index (κ1) is 11.7. The summed E-state index contributed by atoms with van der Waals surface area (Å²) in [6, 6.07) is 7.04. The zero-order valence-electron chi connectivity index (χ0n) is 9.49. The number of rotatable bonds is 3. The number of nitrogens with zero attached hydrogens (tertiary/aromatic N) is 3. The van der Waals surface area contributed by atoms with E-state index in [-0.39, 0.29) is 17.3 Å². The molecular weight excluding hydrogens is 238 g/mol. The van der Waals surface area contributed by atoms with E-state index in [1.807, 2.05) is 0 Å². The van der Waals surface area contributed by atoms with Gasteiger partial charge < -0.3 is 21.0 Å². The van der Waals surface area contributed by atoms with E-state index in [1.165, 1.54) is 0 Å². The van der Waals surface area contributed by atoms with Crippen LogP contribution in [0.25, 0.3) is 0 Å². The fourth-order valence-electron chi connectivity index (χ4n) is 1.33. The van der Waals surface area contributed by atoms with Crippen LogP contribution < -0.4 is 15.8 Å². The summed E-state index contributed by atoms with van der Waals surface area (Å²) < 4.78 is 9.50. The normalized spacial score (nSPS) is 11.3. The quantitative estimate of drug-likeness (QED) is 0.320. The van der Waals surface area contributed by atoms with Gasteiger partial charge in [-0.05, 0) is 22.4 Å². The van der Waals surface area contributed by atoms with Gasteiger partial charge in [-0.25, -0.2) is 4.63 Å². The Balaban J connectivity index is 2.24. The minimum Gasteiger partial charge on any atom is -0.497 e. The van der Waals surface area contributed by atoms with Gasteiger partial charge in [0.25, 0.3) is 0 Å². The molecule has 1 aromatic heterocycles. The van der Waals surface area contributed by atoms with Crippen LogP contribution >= 0.6 is 0 Å². The summed E-state index contributed by atoms with van der Waals surface area (Å²) in [5, 5.41) is 21.8. The van der Waals surface area contributed by atoms with Gasteiger partial charge in [0, 0.05) is 11.8 Å². The molecule has 2 aromatic rings. The molecule has 2 rings (SSSR count). The smallest absolute Gasteiger partial charge is 0.203 e. The summed E-state index contributed by atoms with van der Waals surface area (Å²) in [4.78, 5) is 0. The molecule has 0 aliphatic rings. The van der Waals surface area contributed by atoms with Gasteiger partial charge >= 0.3 is 0 Å². The molecular formula is C10H11N5O3. The molecule has 0 amide bonds. The Hall–Kier alpha value is -2.77. The third-order valence-electron chi connectivity index (χ3n) is 2.17. The minimum atomic E-state index is 0.0261. The number of nitrogen functional groups attached to an aromatic ring is 1. The van der Waals surface area contributed by atoms with E-state index < -0.39 is 0 Å². The number of hydrogen-bond donors (Lipinski definition) is 3. The highest BCUT2D eigenvalue weighted by Crippen LogP contribution is 2.18. The van der Waals surface area contributed by atoms with Gasteiger partial charge in [0.05, 0.1) is 7.11 Å². The van der Waals surface area contributed by atoms with Gasteiger partial charge in [-0.15, -0.1) is 0 Å². The second kappa shape index (κ2) is 5.04. The number of aromatic nitrogens is 2. The number of amidine groups is 1. The Bertz CT molecular complexity index is 566. The Kier molecular flexibility index (Phi) is 3.28. The first-order valence-electron chi connectivity index (χ1n) is 4.96. The number of nitrogens with one attached hydrogen (secondary N) is 1. The highest BCUT2D eigenvalue weighted by Gasteiger charge is 2.15. The molecule has 0 spiro atoms. The molecule has 0 saturated heterocycles. The van der Waals surface area contributed by atoms with Gasteiger partial charge in [0.1, 0.15) is 5.75 Å². The van der Waals surface area contributed by atoms with Crippen molar-refractivity contribution < 1.29 is 14.6 Å². The van der Waals surface area contributed by atoms with Crippen molar-refractivity contribution in [2.45, 2.75) is 0 Å². The predicted octanol–water partition coefficient (Wildman–Crippen LogP) is 0.908. The zero-order valence-corrected chi connectivity index (χ0v) is 9.49. The molecule has 1 heterocycles. The SMILES string of the molecule is COc1cccc(N/C(=N\O)c2nonc2N)c1. The maximum absolute atomic E-state index is 8.94. The summed E-state index contributed by atoms with van der Waals surface area (Å²) in [7, 11) is 1.56. The Labute approximate surface area is 102 Å². The van der Waals surface area contributed by atoms with Crippen molar-refractivity contribution in [3.05, 3.63) is 30.0 Å². The lowest BCUT2D eigenvalue weighted by molar-refractivity contribution is 0.305. The van der Waals surface area contributed by atoms with E-state index in [0.29, 0.717) is 11.4 Å². The molecule has 0 radical (unpaired) electrons. The van der Waals surface area contributed by atoms with Crippen LogP contribution in [0.2, 0.25) is 0 Å². The third kappa shape index (κ3) is 2.32. The van der Waals surface area contributed by atoms with Crippen molar-refractivity contribution in [1.82, 2.24) is 10.3 Å². The second-order valence-electron chi connectivity index (χ2n) is 3.30. The Morgan fingerprint density at radius 2 is 2.33 bits per heavy atom. The highest BCUT2D eigenvalue weighted by atomic mass is 16.6. The van der Waals surface area contributed by atoms with Gasteiger partial charge in [-0.3, -0.25) is 0 Å². The van der Waals surface area contributed by atoms with Crippen LogP contribution in [-0.2, 0) is 0 Å². The molecule has 18 heavy (non-hydrogen) atoms. The molecule has 1 aromatic carbocycles. The van der Waals surface area contributed by atoms with Crippen LogP contribution in [0.4, 0.5) is 11.5 Å². The van der Waals surface area contributed by atoms with Crippen LogP contribution in [0.5, 0.6) is 5.75 Å². The summed E-state index contributed by atoms with van der Waals surface area (Å²) in [5.41, 5.74) is 6.27. The molecule has 0 atom stereocenters. The van der Waals surface area contributed by atoms with Crippen LogP contribution in [0.1, 0.15) is 5.69 Å². The van der Waals surface area contributed by atoms with Gasteiger partial charge in [-0.2, -0.15) is 0 Å². The topological polar surface area (TPSA) is 119 Å². The van der Waals surface area contributed by atoms with Crippen molar-refractivity contribution in [2.24, 2.45) is 5.16 Å². The number of methoxy groups -OCH3 is 1. The largest absolute Gasteiger partial charge is 0.497 e. The van der Waals surface area contributed by atoms with Crippen molar-refractivity contribution in [3.8, 4) is 5.75 Å². The molecule has 0 saturated carbocycles. The monoisotopic (exact) mass is 249 g/mol. The number of nitrogens with two attached hydrogens (primary N) is 1. The molecule has 0 bridgehead atoms. The van der Waals surface area contributed by atoms with Crippen LogP contribution in [0.15, 0.2) is 34.1 Å². The average molecular weight is 249 g/mol. The maximum atomic E-state index is 8.94. The molecule has 0 aliphatic carbocycles. The average Bonchev–Trinajstić information content (AvgIpc) is 2.82. The van der Waals surface area contributed by atoms with E-state index in [1.54, 1.807) is 31.4 Å². The van der Waals surface area contributed by atoms with Crippen LogP contribution in [-0.4, -0.2) is 28.5 Å². The minimum absolute atomic E-state index is 0.0261. The summed E-state index contributed by atoms with van der Waals surface area (Å²) in [5.74, 6) is 0.712. The molecule has 0 unspecified atom stereocenters. The number of oxime groups is 1. The summed E-state index contributed by atoms with van der Waals surface area (Å²) in [6.45, 7) is 0. The lowest BCUT2D eigenvalue weighted by atomic mass is 10.3. The summed E-state index contributed by atoms with van der Waals surface area (Å²) in [6.07, 6.45) is 0. The Morgan fingerprint density at radius 1 is 1.50 bits per heavy atom. The van der Waals surface area contributed by atoms with E-state index in [4.69, 9.17) is 15.7 Å². The van der Waals surface area contributed by atoms with E-state index >= 15 is 0 Å². The molecule has 4 N–H and O–H groups in total. The van der Waals surface area contributed by atoms with Gasteiger partial charge in [-0.1, -0.05) is 11.2 Å². The van der Waals surface area contributed by atoms with Gasteiger partial charge in [0.15, 0.2) is 11.5 Å². The summed E-state index contributed by atoms with van der Waals surface area (Å²) >= 11 is 0. The van der Waals surface area contributed by atoms with Crippen LogP contribution in [0, 0.1) is 0 Å². The fraction of sp³-hybridized carbons (Fsp3) is 0.100. The first-order valence-corrected chi connectivity index (χ1v) is 4.96. The number of anilines is 2. The zero-order chi connectivity index (χ0) is 13.0. The fourth-order valence-corrected chi connectivity index (χ4v) is 1.33. The second-order valence-corrected chi connectivity index (χ2v) is 3.30. The predicted molar refractivity (Wildman–Crippen MR) is 63.7 cm³/mol. The standard InChI is InChI=1S/C10H11N5O3/c1-17-7-4-2-3-6(5-7)12-10(13-16)8-9(11)15-18-14-8/h2-5,16H,1H3,(H2,11,15)(H,12,13). The van der Waals surface area contributed by atoms with Crippen molar-refractivity contribution in [2.75, 3.05) is 18.2 Å². The third-order valence-corrected chi connectivity index (χ3v) is 2.17. The van der Waals surface area contributed by atoms with E-state index in [0.717, 1.165) is 0 Å². The Morgan fingerprint density at radius 3 is 2.94 bits per heavy atom. The maximum Gasteiger partial charge on any atom is 0.203 e. The molecule has 8 heteroatoms.